The quantitative estimate of drug-likeness (QED) is 0.694. The predicted octanol–water partition coefficient (Wildman–Crippen LogP) is 3.43. The van der Waals surface area contributed by atoms with Crippen LogP contribution in [0.15, 0.2) is 42.0 Å². The maximum Gasteiger partial charge on any atom is 0.123 e. The van der Waals surface area contributed by atoms with Crippen LogP contribution in [0.4, 0.5) is 0 Å². The standard InChI is InChI=1S/C11H11NS/c1-2-9-5-3-4-6-10(9)11-12-7-8-13-11/h2,5-8H,1,3-4H2. The molecule has 0 saturated heterocycles. The highest BCUT2D eigenvalue weighted by Gasteiger charge is 2.09. The number of nitrogens with zero attached hydrogens (tertiary/aromatic N) is 1. The molecule has 1 nitrogen and oxygen atoms in total. The fraction of sp³-hybridized carbons (Fsp3) is 0.182. The van der Waals surface area contributed by atoms with E-state index in [0.29, 0.717) is 0 Å². The monoisotopic (exact) mass is 189 g/mol. The Morgan fingerprint density at radius 3 is 2.92 bits per heavy atom. The average molecular weight is 189 g/mol. The Balaban J connectivity index is 2.37. The van der Waals surface area contributed by atoms with E-state index in [1.54, 1.807) is 11.3 Å². The SMILES string of the molecule is C=CC1=CCCC=C1c1nccs1. The topological polar surface area (TPSA) is 12.9 Å². The molecule has 1 aliphatic rings. The molecule has 0 spiro atoms. The Kier molecular flexibility index (Phi) is 2.41. The van der Waals surface area contributed by atoms with Crippen LogP contribution in [0.3, 0.4) is 0 Å². The number of hydrogen-bond acceptors (Lipinski definition) is 2. The van der Waals surface area contributed by atoms with Crippen molar-refractivity contribution in [3.63, 3.8) is 0 Å². The lowest BCUT2D eigenvalue weighted by Crippen LogP contribution is -1.91. The van der Waals surface area contributed by atoms with Crippen LogP contribution in [0, 0.1) is 0 Å². The maximum atomic E-state index is 4.30. The first-order chi connectivity index (χ1) is 6.42. The minimum absolute atomic E-state index is 1.10. The second-order valence-electron chi connectivity index (χ2n) is 2.90. The second kappa shape index (κ2) is 3.71. The van der Waals surface area contributed by atoms with Crippen molar-refractivity contribution in [3.8, 4) is 0 Å². The van der Waals surface area contributed by atoms with Crippen LogP contribution in [-0.2, 0) is 0 Å². The summed E-state index contributed by atoms with van der Waals surface area (Å²) < 4.78 is 0. The third-order valence-corrected chi connectivity index (χ3v) is 2.88. The van der Waals surface area contributed by atoms with Gasteiger partial charge in [-0.2, -0.15) is 0 Å². The largest absolute Gasteiger partial charge is 0.245 e. The predicted molar refractivity (Wildman–Crippen MR) is 57.6 cm³/mol. The molecule has 1 heterocycles. The van der Waals surface area contributed by atoms with E-state index in [9.17, 15) is 0 Å². The van der Waals surface area contributed by atoms with Gasteiger partial charge in [0.1, 0.15) is 5.01 Å². The van der Waals surface area contributed by atoms with Crippen LogP contribution in [0.2, 0.25) is 0 Å². The van der Waals surface area contributed by atoms with Gasteiger partial charge in [0.2, 0.25) is 0 Å². The Hall–Kier alpha value is -1.15. The molecule has 0 N–H and O–H groups in total. The lowest BCUT2D eigenvalue weighted by Gasteiger charge is -2.10. The molecule has 66 valence electrons. The third kappa shape index (κ3) is 1.63. The summed E-state index contributed by atoms with van der Waals surface area (Å²) in [6.07, 6.45) is 10.5. The minimum atomic E-state index is 1.10. The number of thiazole rings is 1. The zero-order valence-corrected chi connectivity index (χ0v) is 8.18. The van der Waals surface area contributed by atoms with Gasteiger partial charge < -0.3 is 0 Å². The molecule has 0 unspecified atom stereocenters. The van der Waals surface area contributed by atoms with Gasteiger partial charge in [-0.05, 0) is 18.4 Å². The summed E-state index contributed by atoms with van der Waals surface area (Å²) >= 11 is 1.68. The van der Waals surface area contributed by atoms with E-state index in [1.807, 2.05) is 17.7 Å². The Morgan fingerprint density at radius 1 is 1.38 bits per heavy atom. The van der Waals surface area contributed by atoms with Gasteiger partial charge in [-0.15, -0.1) is 11.3 Å². The summed E-state index contributed by atoms with van der Waals surface area (Å²) in [7, 11) is 0. The smallest absolute Gasteiger partial charge is 0.123 e. The summed E-state index contributed by atoms with van der Waals surface area (Å²) in [5, 5.41) is 3.11. The maximum absolute atomic E-state index is 4.30. The number of aromatic nitrogens is 1. The van der Waals surface area contributed by atoms with Crippen LogP contribution in [0.5, 0.6) is 0 Å². The normalized spacial score (nSPS) is 16.3. The summed E-state index contributed by atoms with van der Waals surface area (Å²) in [5.74, 6) is 0. The average Bonchev–Trinajstić information content (AvgIpc) is 2.70. The van der Waals surface area contributed by atoms with Crippen LogP contribution in [0.1, 0.15) is 17.8 Å². The fourth-order valence-corrected chi connectivity index (χ4v) is 2.16. The van der Waals surface area contributed by atoms with Gasteiger partial charge in [-0.1, -0.05) is 24.8 Å². The minimum Gasteiger partial charge on any atom is -0.245 e. The Bertz CT molecular complexity index is 357. The zero-order valence-electron chi connectivity index (χ0n) is 7.36. The van der Waals surface area contributed by atoms with Gasteiger partial charge in [0.15, 0.2) is 0 Å². The Labute approximate surface area is 82.1 Å². The number of allylic oxidation sites excluding steroid dienone is 5. The molecular weight excluding hydrogens is 178 g/mol. The first-order valence-corrected chi connectivity index (χ1v) is 5.23. The molecule has 0 radical (unpaired) electrons. The molecule has 0 amide bonds. The van der Waals surface area contributed by atoms with E-state index in [4.69, 9.17) is 0 Å². The molecule has 0 aromatic carbocycles. The first-order valence-electron chi connectivity index (χ1n) is 4.35. The van der Waals surface area contributed by atoms with Crippen molar-refractivity contribution in [1.82, 2.24) is 4.98 Å². The van der Waals surface area contributed by atoms with Crippen molar-refractivity contribution in [2.45, 2.75) is 12.8 Å². The van der Waals surface area contributed by atoms with Gasteiger partial charge in [0.05, 0.1) is 0 Å². The van der Waals surface area contributed by atoms with Crippen LogP contribution >= 0.6 is 11.3 Å². The van der Waals surface area contributed by atoms with E-state index in [2.05, 4.69) is 23.7 Å². The van der Waals surface area contributed by atoms with Crippen molar-refractivity contribution in [3.05, 3.63) is 47.0 Å². The molecule has 1 aliphatic carbocycles. The van der Waals surface area contributed by atoms with Gasteiger partial charge in [-0.25, -0.2) is 4.98 Å². The van der Waals surface area contributed by atoms with Gasteiger partial charge in [0.25, 0.3) is 0 Å². The van der Waals surface area contributed by atoms with E-state index in [-0.39, 0.29) is 0 Å². The molecule has 0 bridgehead atoms. The van der Waals surface area contributed by atoms with Crippen LogP contribution < -0.4 is 0 Å². The lowest BCUT2D eigenvalue weighted by atomic mass is 9.98. The van der Waals surface area contributed by atoms with Crippen LogP contribution in [0.25, 0.3) is 5.57 Å². The first kappa shape index (κ1) is 8.45. The molecule has 0 fully saturated rings. The van der Waals surface area contributed by atoms with Crippen molar-refractivity contribution >= 4 is 16.9 Å². The Morgan fingerprint density at radius 2 is 2.23 bits per heavy atom. The third-order valence-electron chi connectivity index (χ3n) is 2.07. The molecule has 0 saturated carbocycles. The summed E-state index contributed by atoms with van der Waals surface area (Å²) in [4.78, 5) is 4.30. The van der Waals surface area contributed by atoms with E-state index < -0.39 is 0 Å². The summed E-state index contributed by atoms with van der Waals surface area (Å²) in [6, 6.07) is 0. The molecule has 0 atom stereocenters. The second-order valence-corrected chi connectivity index (χ2v) is 3.79. The fourth-order valence-electron chi connectivity index (χ4n) is 1.45. The molecule has 13 heavy (non-hydrogen) atoms. The van der Waals surface area contributed by atoms with Crippen molar-refractivity contribution in [2.75, 3.05) is 0 Å². The molecule has 2 rings (SSSR count). The highest BCUT2D eigenvalue weighted by Crippen LogP contribution is 2.29. The highest BCUT2D eigenvalue weighted by atomic mass is 32.1. The van der Waals surface area contributed by atoms with E-state index in [0.717, 1.165) is 17.8 Å². The highest BCUT2D eigenvalue weighted by molar-refractivity contribution is 7.10. The van der Waals surface area contributed by atoms with Crippen molar-refractivity contribution < 1.29 is 0 Å². The van der Waals surface area contributed by atoms with E-state index >= 15 is 0 Å². The van der Waals surface area contributed by atoms with Crippen molar-refractivity contribution in [2.24, 2.45) is 0 Å². The van der Waals surface area contributed by atoms with E-state index in [1.165, 1.54) is 11.1 Å². The van der Waals surface area contributed by atoms with Crippen LogP contribution in [-0.4, -0.2) is 4.98 Å². The molecule has 1 aromatic heterocycles. The number of rotatable bonds is 2. The zero-order chi connectivity index (χ0) is 9.10. The van der Waals surface area contributed by atoms with Gasteiger partial charge in [-0.3, -0.25) is 0 Å². The number of hydrogen-bond donors (Lipinski definition) is 0. The van der Waals surface area contributed by atoms with Crippen molar-refractivity contribution in [1.29, 1.82) is 0 Å². The van der Waals surface area contributed by atoms with Gasteiger partial charge in [0, 0.05) is 17.2 Å². The molecular formula is C11H11NS. The molecule has 2 heteroatoms. The molecule has 0 aliphatic heterocycles. The summed E-state index contributed by atoms with van der Waals surface area (Å²) in [6.45, 7) is 3.81. The molecule has 1 aromatic rings. The summed E-state index contributed by atoms with van der Waals surface area (Å²) in [5.41, 5.74) is 2.47. The lowest BCUT2D eigenvalue weighted by molar-refractivity contribution is 1.03. The van der Waals surface area contributed by atoms with Gasteiger partial charge >= 0.3 is 0 Å².